The summed E-state index contributed by atoms with van der Waals surface area (Å²) in [5, 5.41) is 4.30. The van der Waals surface area contributed by atoms with Gasteiger partial charge < -0.3 is 10.2 Å². The van der Waals surface area contributed by atoms with Gasteiger partial charge in [-0.05, 0) is 24.1 Å². The molecule has 0 aliphatic rings. The predicted molar refractivity (Wildman–Crippen MR) is 97.0 cm³/mol. The molecule has 2 aromatic rings. The van der Waals surface area contributed by atoms with Gasteiger partial charge in [0.15, 0.2) is 0 Å². The molecular weight excluding hydrogens is 284 g/mol. The number of rotatable bonds is 10. The van der Waals surface area contributed by atoms with E-state index in [0.29, 0.717) is 0 Å². The molecule has 0 bridgehead atoms. The molecule has 0 saturated heterocycles. The fourth-order valence-corrected chi connectivity index (χ4v) is 2.28. The number of benzene rings is 2. The van der Waals surface area contributed by atoms with Gasteiger partial charge in [-0.1, -0.05) is 68.7 Å². The lowest BCUT2D eigenvalue weighted by atomic mass is 10.2. The number of unbranched alkanes of at least 4 members (excludes halogenated alkanes) is 3. The van der Waals surface area contributed by atoms with E-state index in [4.69, 9.17) is 4.74 Å². The van der Waals surface area contributed by atoms with Crippen molar-refractivity contribution in [3.05, 3.63) is 65.7 Å². The van der Waals surface area contributed by atoms with Crippen LogP contribution < -0.4 is 10.2 Å². The second-order valence-electron chi connectivity index (χ2n) is 5.53. The first-order valence-electron chi connectivity index (χ1n) is 8.42. The predicted octanol–water partition coefficient (Wildman–Crippen LogP) is 4.77. The molecule has 2 rings (SSSR count). The third-order valence-corrected chi connectivity index (χ3v) is 3.60. The minimum absolute atomic E-state index is 0.720. The summed E-state index contributed by atoms with van der Waals surface area (Å²) >= 11 is 0. The Morgan fingerprint density at radius 3 is 2.57 bits per heavy atom. The maximum absolute atomic E-state index is 5.88. The molecule has 3 nitrogen and oxygen atoms in total. The fourth-order valence-electron chi connectivity index (χ4n) is 2.28. The van der Waals surface area contributed by atoms with Crippen molar-refractivity contribution >= 4 is 6.21 Å². The highest BCUT2D eigenvalue weighted by Crippen LogP contribution is 2.16. The Labute approximate surface area is 139 Å². The molecule has 0 aliphatic carbocycles. The van der Waals surface area contributed by atoms with Gasteiger partial charge in [0.25, 0.3) is 0 Å². The lowest BCUT2D eigenvalue weighted by molar-refractivity contribution is 0.304. The zero-order valence-electron chi connectivity index (χ0n) is 13.9. The Morgan fingerprint density at radius 2 is 1.74 bits per heavy atom. The maximum atomic E-state index is 5.88. The summed E-state index contributed by atoms with van der Waals surface area (Å²) in [5.74, 6) is 0.897. The van der Waals surface area contributed by atoms with Crippen LogP contribution in [0.4, 0.5) is 0 Å². The first kappa shape index (κ1) is 17.1. The molecule has 0 aromatic heterocycles. The largest absolute Gasteiger partial charge is 0.493 e. The Bertz CT molecular complexity index is 581. The number of para-hydroxylation sites is 1. The smallest absolute Gasteiger partial charge is 0.128 e. The molecule has 0 heterocycles. The Morgan fingerprint density at radius 1 is 0.957 bits per heavy atom. The SMILES string of the molecule is CCCCCCOc1ccccc1C=NNCc1ccccc1. The molecule has 0 radical (unpaired) electrons. The summed E-state index contributed by atoms with van der Waals surface area (Å²) in [6, 6.07) is 18.3. The van der Waals surface area contributed by atoms with E-state index in [1.165, 1.54) is 24.8 Å². The van der Waals surface area contributed by atoms with Crippen LogP contribution in [0, 0.1) is 0 Å². The van der Waals surface area contributed by atoms with Gasteiger partial charge in [-0.3, -0.25) is 0 Å². The van der Waals surface area contributed by atoms with Crippen LogP contribution in [-0.4, -0.2) is 12.8 Å². The molecule has 0 amide bonds. The van der Waals surface area contributed by atoms with Crippen LogP contribution in [0.1, 0.15) is 43.7 Å². The average Bonchev–Trinajstić information content (AvgIpc) is 2.60. The molecule has 0 atom stereocenters. The molecule has 0 spiro atoms. The van der Waals surface area contributed by atoms with E-state index in [1.54, 1.807) is 0 Å². The minimum atomic E-state index is 0.720. The van der Waals surface area contributed by atoms with Gasteiger partial charge in [-0.15, -0.1) is 0 Å². The number of hydrogen-bond acceptors (Lipinski definition) is 3. The van der Waals surface area contributed by atoms with E-state index in [1.807, 2.05) is 48.7 Å². The zero-order valence-corrected chi connectivity index (χ0v) is 13.9. The van der Waals surface area contributed by atoms with Gasteiger partial charge in [-0.2, -0.15) is 5.10 Å². The van der Waals surface area contributed by atoms with E-state index >= 15 is 0 Å². The van der Waals surface area contributed by atoms with Crippen molar-refractivity contribution in [3.63, 3.8) is 0 Å². The number of nitrogens with one attached hydrogen (secondary N) is 1. The Hall–Kier alpha value is -2.29. The minimum Gasteiger partial charge on any atom is -0.493 e. The van der Waals surface area contributed by atoms with Gasteiger partial charge in [-0.25, -0.2) is 0 Å². The van der Waals surface area contributed by atoms with Gasteiger partial charge in [0, 0.05) is 5.56 Å². The lowest BCUT2D eigenvalue weighted by Gasteiger charge is -2.08. The monoisotopic (exact) mass is 310 g/mol. The molecule has 2 aromatic carbocycles. The standard InChI is InChI=1S/C20H26N2O/c1-2-3-4-10-15-23-20-14-9-8-13-19(20)17-22-21-16-18-11-6-5-7-12-18/h5-9,11-14,17,21H,2-4,10,15-16H2,1H3. The average molecular weight is 310 g/mol. The quantitative estimate of drug-likeness (QED) is 0.389. The van der Waals surface area contributed by atoms with E-state index in [-0.39, 0.29) is 0 Å². The van der Waals surface area contributed by atoms with Gasteiger partial charge in [0.05, 0.1) is 19.4 Å². The molecule has 0 saturated carbocycles. The molecule has 23 heavy (non-hydrogen) atoms. The van der Waals surface area contributed by atoms with Crippen LogP contribution in [0.5, 0.6) is 5.75 Å². The normalized spacial score (nSPS) is 10.8. The third kappa shape index (κ3) is 6.55. The Kier molecular flexibility index (Phi) is 7.75. The first-order chi connectivity index (χ1) is 11.4. The topological polar surface area (TPSA) is 33.6 Å². The van der Waals surface area contributed by atoms with E-state index in [9.17, 15) is 0 Å². The van der Waals surface area contributed by atoms with Gasteiger partial charge in [0.1, 0.15) is 5.75 Å². The van der Waals surface area contributed by atoms with Crippen molar-refractivity contribution in [2.24, 2.45) is 5.10 Å². The molecule has 0 fully saturated rings. The molecule has 0 aliphatic heterocycles. The molecule has 1 N–H and O–H groups in total. The van der Waals surface area contributed by atoms with Crippen LogP contribution >= 0.6 is 0 Å². The second kappa shape index (κ2) is 10.4. The van der Waals surface area contributed by atoms with E-state index in [2.05, 4.69) is 29.6 Å². The number of hydrazone groups is 1. The summed E-state index contributed by atoms with van der Waals surface area (Å²) in [4.78, 5) is 0. The van der Waals surface area contributed by atoms with E-state index in [0.717, 1.165) is 30.9 Å². The van der Waals surface area contributed by atoms with Crippen molar-refractivity contribution in [3.8, 4) is 5.75 Å². The molecule has 3 heteroatoms. The van der Waals surface area contributed by atoms with Gasteiger partial charge >= 0.3 is 0 Å². The Balaban J connectivity index is 1.80. The number of nitrogens with zero attached hydrogens (tertiary/aromatic N) is 1. The van der Waals surface area contributed by atoms with Crippen LogP contribution in [-0.2, 0) is 6.54 Å². The van der Waals surface area contributed by atoms with Gasteiger partial charge in [0.2, 0.25) is 0 Å². The summed E-state index contributed by atoms with van der Waals surface area (Å²) in [6.07, 6.45) is 6.67. The highest BCUT2D eigenvalue weighted by Gasteiger charge is 2.00. The second-order valence-corrected chi connectivity index (χ2v) is 5.53. The van der Waals surface area contributed by atoms with Crippen LogP contribution in [0.2, 0.25) is 0 Å². The van der Waals surface area contributed by atoms with Crippen molar-refractivity contribution in [2.75, 3.05) is 6.61 Å². The van der Waals surface area contributed by atoms with Crippen molar-refractivity contribution < 1.29 is 4.74 Å². The number of hydrogen-bond donors (Lipinski definition) is 1. The summed E-state index contributed by atoms with van der Waals surface area (Å²) in [7, 11) is 0. The number of ether oxygens (including phenoxy) is 1. The fraction of sp³-hybridized carbons (Fsp3) is 0.350. The summed E-state index contributed by atoms with van der Waals surface area (Å²) in [5.41, 5.74) is 5.29. The zero-order chi connectivity index (χ0) is 16.2. The van der Waals surface area contributed by atoms with Crippen LogP contribution in [0.3, 0.4) is 0 Å². The molecule has 122 valence electrons. The van der Waals surface area contributed by atoms with Crippen LogP contribution in [0.15, 0.2) is 59.7 Å². The van der Waals surface area contributed by atoms with E-state index < -0.39 is 0 Å². The maximum Gasteiger partial charge on any atom is 0.128 e. The summed E-state index contributed by atoms with van der Waals surface area (Å²) in [6.45, 7) is 3.70. The molecule has 0 unspecified atom stereocenters. The highest BCUT2D eigenvalue weighted by molar-refractivity contribution is 5.83. The molecular formula is C20H26N2O. The van der Waals surface area contributed by atoms with Crippen molar-refractivity contribution in [2.45, 2.75) is 39.2 Å². The first-order valence-corrected chi connectivity index (χ1v) is 8.42. The third-order valence-electron chi connectivity index (χ3n) is 3.60. The summed E-state index contributed by atoms with van der Waals surface area (Å²) < 4.78 is 5.88. The highest BCUT2D eigenvalue weighted by atomic mass is 16.5. The lowest BCUT2D eigenvalue weighted by Crippen LogP contribution is -2.06. The van der Waals surface area contributed by atoms with Crippen LogP contribution in [0.25, 0.3) is 0 Å². The van der Waals surface area contributed by atoms with Crippen molar-refractivity contribution in [1.29, 1.82) is 0 Å². The van der Waals surface area contributed by atoms with Crippen molar-refractivity contribution in [1.82, 2.24) is 5.43 Å².